The summed E-state index contributed by atoms with van der Waals surface area (Å²) in [5.41, 5.74) is 8.44. The van der Waals surface area contributed by atoms with Crippen molar-refractivity contribution in [2.24, 2.45) is 5.73 Å². The van der Waals surface area contributed by atoms with Crippen LogP contribution in [0.5, 0.6) is 0 Å². The van der Waals surface area contributed by atoms with Gasteiger partial charge < -0.3 is 15.5 Å². The van der Waals surface area contributed by atoms with Crippen LogP contribution in [0.15, 0.2) is 65.5 Å². The number of carbonyl (C=O) groups excluding carboxylic acids is 2. The van der Waals surface area contributed by atoms with Crippen LogP contribution >= 0.6 is 11.8 Å². The molecule has 1 unspecified atom stereocenters. The number of aromatic nitrogens is 1. The zero-order chi connectivity index (χ0) is 21.8. The lowest BCUT2D eigenvalue weighted by Gasteiger charge is -2.33. The van der Waals surface area contributed by atoms with Crippen LogP contribution in [0.25, 0.3) is 0 Å². The summed E-state index contributed by atoms with van der Waals surface area (Å²) in [6.07, 6.45) is 5.40. The maximum atomic E-state index is 13.2. The monoisotopic (exact) mass is 437 g/mol. The molecule has 3 amide bonds. The number of primary amides is 1. The zero-order valence-electron chi connectivity index (χ0n) is 17.6. The number of amides is 3. The molecule has 0 aliphatic carbocycles. The van der Waals surface area contributed by atoms with Gasteiger partial charge in [0.05, 0.1) is 4.91 Å². The lowest BCUT2D eigenvalue weighted by Crippen LogP contribution is -2.45. The first-order chi connectivity index (χ1) is 15.0. The molecular weight excluding hydrogens is 410 g/mol. The number of aryl methyl sites for hydroxylation is 1. The van der Waals surface area contributed by atoms with Crippen LogP contribution in [0.2, 0.25) is 0 Å². The van der Waals surface area contributed by atoms with Gasteiger partial charge in [0.2, 0.25) is 0 Å². The number of allylic oxidation sites excluding steroid dienone is 1. The molecule has 1 atom stereocenters. The van der Waals surface area contributed by atoms with E-state index in [1.807, 2.05) is 47.1 Å². The Balaban J connectivity index is 1.43. The highest BCUT2D eigenvalue weighted by atomic mass is 32.2. The molecule has 2 N–H and O–H groups in total. The second-order valence-electron chi connectivity index (χ2n) is 7.76. The number of benzene rings is 1. The summed E-state index contributed by atoms with van der Waals surface area (Å²) >= 11 is 1.37. The molecule has 4 rings (SSSR count). The number of rotatable bonds is 8. The molecule has 31 heavy (non-hydrogen) atoms. The van der Waals surface area contributed by atoms with E-state index in [4.69, 9.17) is 5.73 Å². The molecule has 0 saturated carbocycles. The molecule has 2 aliphatic rings. The Labute approximate surface area is 186 Å². The average Bonchev–Trinajstić information content (AvgIpc) is 3.30. The number of thioether (sulfide) groups is 1. The molecule has 162 valence electrons. The van der Waals surface area contributed by atoms with Crippen LogP contribution in [0.4, 0.5) is 4.79 Å². The predicted octanol–water partition coefficient (Wildman–Crippen LogP) is 3.00. The molecule has 0 spiro atoms. The van der Waals surface area contributed by atoms with Crippen molar-refractivity contribution in [1.82, 2.24) is 19.7 Å². The molecule has 1 saturated heterocycles. The topological polar surface area (TPSA) is 82.8 Å². The van der Waals surface area contributed by atoms with Gasteiger partial charge in [0.15, 0.2) is 5.50 Å². The second kappa shape index (κ2) is 9.43. The van der Waals surface area contributed by atoms with Gasteiger partial charge >= 0.3 is 6.03 Å². The minimum absolute atomic E-state index is 0.0141. The van der Waals surface area contributed by atoms with Gasteiger partial charge in [-0.2, -0.15) is 0 Å². The fraction of sp³-hybridized carbons (Fsp3) is 0.348. The van der Waals surface area contributed by atoms with Crippen molar-refractivity contribution in [2.45, 2.75) is 31.8 Å². The molecule has 1 fully saturated rings. The fourth-order valence-corrected chi connectivity index (χ4v) is 5.33. The van der Waals surface area contributed by atoms with Gasteiger partial charge in [-0.3, -0.25) is 14.7 Å². The first-order valence-electron chi connectivity index (χ1n) is 10.5. The lowest BCUT2D eigenvalue weighted by atomic mass is 10.1. The van der Waals surface area contributed by atoms with E-state index in [1.165, 1.54) is 17.3 Å². The molecular formula is C23H27N5O2S. The summed E-state index contributed by atoms with van der Waals surface area (Å²) < 4.78 is 0. The van der Waals surface area contributed by atoms with Gasteiger partial charge in [0.25, 0.3) is 5.91 Å². The zero-order valence-corrected chi connectivity index (χ0v) is 18.4. The van der Waals surface area contributed by atoms with Gasteiger partial charge in [-0.15, -0.1) is 0 Å². The summed E-state index contributed by atoms with van der Waals surface area (Å²) in [5.74, 6) is -0.451. The SMILES string of the molecule is CC1=C(C(N)=O)SC(N2CCN(CCCc3ccccc3)C2=O)N1Cc1cccnc1. The number of hydrogen-bond acceptors (Lipinski definition) is 5. The Morgan fingerprint density at radius 2 is 1.94 bits per heavy atom. The molecule has 3 heterocycles. The Morgan fingerprint density at radius 1 is 1.16 bits per heavy atom. The Bertz CT molecular complexity index is 966. The van der Waals surface area contributed by atoms with Gasteiger partial charge in [0, 0.05) is 44.3 Å². The van der Waals surface area contributed by atoms with Crippen molar-refractivity contribution in [3.05, 3.63) is 76.6 Å². The Hall–Kier alpha value is -3.00. The van der Waals surface area contributed by atoms with Crippen LogP contribution in [0.1, 0.15) is 24.5 Å². The summed E-state index contributed by atoms with van der Waals surface area (Å²) in [6, 6.07) is 14.2. The molecule has 8 heteroatoms. The van der Waals surface area contributed by atoms with Crippen LogP contribution in [0.3, 0.4) is 0 Å². The standard InChI is InChI=1S/C23H27N5O2S/c1-17-20(21(24)29)31-23(28(17)16-19-9-5-11-25-15-19)27-14-13-26(22(27)30)12-6-10-18-7-3-2-4-8-18/h2-5,7-9,11,15,23H,6,10,12-14,16H2,1H3,(H2,24,29). The van der Waals surface area contributed by atoms with Gasteiger partial charge in [-0.25, -0.2) is 4.79 Å². The molecule has 0 bridgehead atoms. The van der Waals surface area contributed by atoms with E-state index < -0.39 is 5.91 Å². The van der Waals surface area contributed by atoms with E-state index >= 15 is 0 Å². The van der Waals surface area contributed by atoms with E-state index in [0.717, 1.165) is 30.6 Å². The van der Waals surface area contributed by atoms with Crippen molar-refractivity contribution in [2.75, 3.05) is 19.6 Å². The third-order valence-electron chi connectivity index (χ3n) is 5.68. The highest BCUT2D eigenvalue weighted by molar-refractivity contribution is 8.04. The second-order valence-corrected chi connectivity index (χ2v) is 8.83. The minimum Gasteiger partial charge on any atom is -0.365 e. The Morgan fingerprint density at radius 3 is 2.65 bits per heavy atom. The largest absolute Gasteiger partial charge is 0.365 e. The van der Waals surface area contributed by atoms with Gasteiger partial charge in [0.1, 0.15) is 0 Å². The van der Waals surface area contributed by atoms with E-state index in [1.54, 1.807) is 12.4 Å². The van der Waals surface area contributed by atoms with Crippen molar-refractivity contribution in [3.63, 3.8) is 0 Å². The highest BCUT2D eigenvalue weighted by Crippen LogP contribution is 2.41. The van der Waals surface area contributed by atoms with E-state index in [0.29, 0.717) is 24.5 Å². The maximum Gasteiger partial charge on any atom is 0.322 e. The highest BCUT2D eigenvalue weighted by Gasteiger charge is 2.42. The van der Waals surface area contributed by atoms with Crippen LogP contribution in [-0.4, -0.2) is 56.8 Å². The van der Waals surface area contributed by atoms with Crippen LogP contribution in [0, 0.1) is 0 Å². The van der Waals surface area contributed by atoms with Gasteiger partial charge in [-0.1, -0.05) is 48.2 Å². The quantitative estimate of drug-likeness (QED) is 0.687. The van der Waals surface area contributed by atoms with Crippen molar-refractivity contribution in [3.8, 4) is 0 Å². The Kier molecular flexibility index (Phi) is 6.46. The number of hydrogen-bond donors (Lipinski definition) is 1. The molecule has 0 radical (unpaired) electrons. The summed E-state index contributed by atoms with van der Waals surface area (Å²) in [4.78, 5) is 35.7. The number of pyridine rings is 1. The molecule has 2 aromatic rings. The molecule has 7 nitrogen and oxygen atoms in total. The molecule has 2 aliphatic heterocycles. The third kappa shape index (κ3) is 4.69. The molecule has 1 aromatic carbocycles. The first-order valence-corrected chi connectivity index (χ1v) is 11.3. The van der Waals surface area contributed by atoms with Crippen molar-refractivity contribution in [1.29, 1.82) is 0 Å². The predicted molar refractivity (Wildman–Crippen MR) is 121 cm³/mol. The number of carbonyl (C=O) groups is 2. The lowest BCUT2D eigenvalue weighted by molar-refractivity contribution is -0.114. The number of nitrogens with zero attached hydrogens (tertiary/aromatic N) is 4. The normalized spacial score (nSPS) is 18.9. The number of urea groups is 1. The third-order valence-corrected chi connectivity index (χ3v) is 7.13. The first kappa shape index (κ1) is 21.2. The minimum atomic E-state index is -0.451. The van der Waals surface area contributed by atoms with Crippen molar-refractivity contribution >= 4 is 23.7 Å². The van der Waals surface area contributed by atoms with E-state index in [9.17, 15) is 9.59 Å². The summed E-state index contributed by atoms with van der Waals surface area (Å²) in [5, 5.41) is 0. The molecule has 1 aromatic heterocycles. The fourth-order valence-electron chi connectivity index (χ4n) is 4.04. The smallest absolute Gasteiger partial charge is 0.322 e. The maximum absolute atomic E-state index is 13.2. The number of nitrogens with two attached hydrogens (primary N) is 1. The van der Waals surface area contributed by atoms with E-state index in [-0.39, 0.29) is 11.5 Å². The van der Waals surface area contributed by atoms with E-state index in [2.05, 4.69) is 22.0 Å². The van der Waals surface area contributed by atoms with Crippen LogP contribution < -0.4 is 5.73 Å². The summed E-state index contributed by atoms with van der Waals surface area (Å²) in [7, 11) is 0. The van der Waals surface area contributed by atoms with Gasteiger partial charge in [-0.05, 0) is 37.0 Å². The summed E-state index contributed by atoms with van der Waals surface area (Å²) in [6.45, 7) is 4.49. The average molecular weight is 438 g/mol. The van der Waals surface area contributed by atoms with Crippen molar-refractivity contribution < 1.29 is 9.59 Å². The van der Waals surface area contributed by atoms with Crippen LogP contribution in [-0.2, 0) is 17.8 Å².